The van der Waals surface area contributed by atoms with Crippen molar-refractivity contribution >= 4 is 15.2 Å². The average molecular weight is 582 g/mol. The Bertz CT molecular complexity index is 671. The van der Waals surface area contributed by atoms with Gasteiger partial charge in [-0.05, 0) is 20.8 Å². The van der Waals surface area contributed by atoms with Gasteiger partial charge in [0, 0.05) is 17.7 Å². The summed E-state index contributed by atoms with van der Waals surface area (Å²) < 4.78 is 34.0. The van der Waals surface area contributed by atoms with E-state index in [0.717, 1.165) is 4.48 Å². The van der Waals surface area contributed by atoms with Gasteiger partial charge in [-0.15, -0.1) is 0 Å². The summed E-state index contributed by atoms with van der Waals surface area (Å²) in [6, 6.07) is 0. The van der Waals surface area contributed by atoms with Gasteiger partial charge in [-0.1, -0.05) is 49.0 Å². The van der Waals surface area contributed by atoms with Gasteiger partial charge in [0.2, 0.25) is 0 Å². The van der Waals surface area contributed by atoms with Crippen molar-refractivity contribution in [2.45, 2.75) is 91.7 Å². The van der Waals surface area contributed by atoms with Crippen LogP contribution in [-0.4, -0.2) is 110 Å². The molecule has 10 nitrogen and oxygen atoms in total. The lowest BCUT2D eigenvalue weighted by Crippen LogP contribution is -2.50. The van der Waals surface area contributed by atoms with Crippen molar-refractivity contribution in [3.05, 3.63) is 7.43 Å². The van der Waals surface area contributed by atoms with Crippen LogP contribution in [-0.2, 0) is 18.2 Å². The van der Waals surface area contributed by atoms with Gasteiger partial charge in [-0.25, -0.2) is 0 Å². The van der Waals surface area contributed by atoms with E-state index in [1.165, 1.54) is 20.8 Å². The highest BCUT2D eigenvalue weighted by Gasteiger charge is 2.28. The minimum absolute atomic E-state index is 0. The first-order valence-electron chi connectivity index (χ1n) is 11.7. The molecule has 0 aliphatic rings. The summed E-state index contributed by atoms with van der Waals surface area (Å²) in [5.74, 6) is 0. The molecule has 0 aromatic heterocycles. The van der Waals surface area contributed by atoms with Crippen molar-refractivity contribution in [3.8, 4) is 0 Å². The highest BCUT2D eigenvalue weighted by Crippen LogP contribution is 2.51. The van der Waals surface area contributed by atoms with Crippen molar-refractivity contribution in [1.29, 1.82) is 0 Å². The molecule has 37 heavy (non-hydrogen) atoms. The van der Waals surface area contributed by atoms with Crippen molar-refractivity contribution < 1.29 is 47.1 Å². The third-order valence-corrected chi connectivity index (χ3v) is 9.62. The van der Waals surface area contributed by atoms with E-state index in [0.29, 0.717) is 16.6 Å². The quantitative estimate of drug-likeness (QED) is 0.253. The predicted molar refractivity (Wildman–Crippen MR) is 154 cm³/mol. The molecule has 0 aliphatic heterocycles. The highest BCUT2D eigenvalue weighted by atomic mass is 31.2. The van der Waals surface area contributed by atoms with Crippen molar-refractivity contribution in [3.63, 3.8) is 0 Å². The summed E-state index contributed by atoms with van der Waals surface area (Å²) in [5, 5.41) is 15.5. The average Bonchev–Trinajstić information content (AvgIpc) is 2.55. The second-order valence-corrected chi connectivity index (χ2v) is 18.7. The molecule has 0 bridgehead atoms. The number of rotatable bonds is 8. The van der Waals surface area contributed by atoms with E-state index in [1.54, 1.807) is 20.8 Å². The fraction of sp³-hybridized carbons (Fsp3) is 0.960. The monoisotopic (exact) mass is 581 g/mol. The first-order valence-corrected chi connectivity index (χ1v) is 14.8. The molecule has 0 aliphatic carbocycles. The third kappa shape index (κ3) is 22.5. The Morgan fingerprint density at radius 1 is 0.784 bits per heavy atom. The van der Waals surface area contributed by atoms with E-state index in [2.05, 4.69) is 46.4 Å². The van der Waals surface area contributed by atoms with Crippen molar-refractivity contribution in [1.82, 2.24) is 0 Å². The summed E-state index contributed by atoms with van der Waals surface area (Å²) in [6.45, 7) is 16.2. The molecule has 0 aromatic carbocycles. The van der Waals surface area contributed by atoms with Crippen molar-refractivity contribution in [2.24, 2.45) is 0 Å². The second kappa shape index (κ2) is 17.0. The van der Waals surface area contributed by atoms with Crippen LogP contribution < -0.4 is 9.79 Å². The lowest BCUT2D eigenvalue weighted by Gasteiger charge is -2.38. The van der Waals surface area contributed by atoms with Gasteiger partial charge >= 0.3 is 0 Å². The summed E-state index contributed by atoms with van der Waals surface area (Å²) in [7, 11) is 4.93. The van der Waals surface area contributed by atoms with Crippen LogP contribution in [0.25, 0.3) is 0 Å². The number of quaternary nitrogens is 2. The summed E-state index contributed by atoms with van der Waals surface area (Å²) in [5.41, 5.74) is 0.375. The summed E-state index contributed by atoms with van der Waals surface area (Å²) in [6.07, 6.45) is -1.15. The van der Waals surface area contributed by atoms with Crippen molar-refractivity contribution in [2.75, 3.05) is 68.7 Å². The zero-order valence-corrected chi connectivity index (χ0v) is 27.8. The van der Waals surface area contributed by atoms with Gasteiger partial charge in [0.25, 0.3) is 0 Å². The molecule has 0 fully saturated rings. The number of likely N-dealkylation sites (N-methyl/N-ethyl adjacent to an activating group) is 1. The Hall–Kier alpha value is 0.01000. The second-order valence-electron chi connectivity index (χ2n) is 13.5. The summed E-state index contributed by atoms with van der Waals surface area (Å²) in [4.78, 5) is 22.8. The van der Waals surface area contributed by atoms with E-state index < -0.39 is 44.8 Å². The first-order chi connectivity index (χ1) is 14.9. The molecule has 0 saturated heterocycles. The van der Waals surface area contributed by atoms with Crippen LogP contribution in [0.5, 0.6) is 0 Å². The number of hydrogen-bond donors (Lipinski definition) is 2. The molecule has 3 atom stereocenters. The molecule has 2 N–H and O–H groups in total. The van der Waals surface area contributed by atoms with E-state index in [9.17, 15) is 18.9 Å². The van der Waals surface area contributed by atoms with Crippen LogP contribution >= 0.6 is 15.2 Å². The van der Waals surface area contributed by atoms with E-state index >= 15 is 0 Å². The fourth-order valence-electron chi connectivity index (χ4n) is 1.06. The fourth-order valence-corrected chi connectivity index (χ4v) is 2.52. The Morgan fingerprint density at radius 3 is 1.30 bits per heavy atom. The predicted octanol–water partition coefficient (Wildman–Crippen LogP) is 3.35. The normalized spacial score (nSPS) is 16.7. The topological polar surface area (TPSA) is 139 Å². The SMILES string of the molecule is C.CC(C)(C)P(=O)([O-])OCC(O)CO.CC(C)(C)P(=O)([O-])OCC[N+](C)(C)C.CC(C)(C)[N+](C)(C)C.[CH3+]. The number of aliphatic hydroxyl groups excluding tert-OH is 2. The molecule has 0 spiro atoms. The van der Waals surface area contributed by atoms with Gasteiger partial charge in [0.15, 0.2) is 0 Å². The van der Waals surface area contributed by atoms with Crippen LogP contribution in [0.2, 0.25) is 0 Å². The summed E-state index contributed by atoms with van der Waals surface area (Å²) >= 11 is 0. The molecule has 3 unspecified atom stereocenters. The maximum absolute atomic E-state index is 11.5. The lowest BCUT2D eigenvalue weighted by molar-refractivity contribution is -0.917. The largest absolute Gasteiger partial charge is 0.778 e. The van der Waals surface area contributed by atoms with Gasteiger partial charge < -0.3 is 47.1 Å². The first kappa shape index (κ1) is 46.8. The number of aliphatic hydroxyl groups is 2. The molecule has 0 aromatic rings. The van der Waals surface area contributed by atoms with E-state index in [1.807, 2.05) is 21.1 Å². The Morgan fingerprint density at radius 2 is 1.08 bits per heavy atom. The maximum Gasteiger partial charge on any atom is 0.140 e. The van der Waals surface area contributed by atoms with Gasteiger partial charge in [0.05, 0.1) is 61.0 Å². The molecule has 0 saturated carbocycles. The number of nitrogens with zero attached hydrogens (tertiary/aromatic N) is 2. The number of hydrogen-bond acceptors (Lipinski definition) is 8. The Labute approximate surface area is 230 Å². The zero-order valence-electron chi connectivity index (χ0n) is 26.0. The van der Waals surface area contributed by atoms with E-state index in [-0.39, 0.29) is 21.5 Å². The standard InChI is InChI=1S/C9H22NO3P.C7H18N.C7H17O5P.CH4.CH3/c1-9(2,3)14(11,12)13-8-7-10(4,5)6;1-7(2,3)8(4,5)6;1-7(2,3)13(10,11)12-5-6(9)4-8;;/h7-8H2,1-6H3;1-6H3;6,8-9H,4-5H2,1-3H3,(H,10,11);1H4;1H3/q;+1;;;+1/p-1. The highest BCUT2D eigenvalue weighted by molar-refractivity contribution is 7.53. The van der Waals surface area contributed by atoms with Crippen LogP contribution in [0.4, 0.5) is 0 Å². The zero-order chi connectivity index (χ0) is 29.3. The molecular formula is C25H63N2O8P2+. The molecule has 0 radical (unpaired) electrons. The Kier molecular flexibility index (Phi) is 21.5. The Balaban J connectivity index is -0.000000139. The smallest absolute Gasteiger partial charge is 0.140 e. The third-order valence-electron chi connectivity index (χ3n) is 5.33. The molecule has 12 heteroatoms. The molecule has 0 rings (SSSR count). The minimum Gasteiger partial charge on any atom is -0.778 e. The van der Waals surface area contributed by atoms with Crippen LogP contribution in [0, 0.1) is 7.43 Å². The van der Waals surface area contributed by atoms with Crippen LogP contribution in [0.1, 0.15) is 69.7 Å². The van der Waals surface area contributed by atoms with Gasteiger partial charge in [-0.2, -0.15) is 0 Å². The van der Waals surface area contributed by atoms with Crippen LogP contribution in [0.15, 0.2) is 0 Å². The lowest BCUT2D eigenvalue weighted by atomic mass is 10.1. The van der Waals surface area contributed by atoms with E-state index in [4.69, 9.17) is 14.7 Å². The molecule has 0 amide bonds. The maximum atomic E-state index is 11.5. The molecule has 230 valence electrons. The van der Waals surface area contributed by atoms with Gasteiger partial charge in [0.1, 0.15) is 34.4 Å². The van der Waals surface area contributed by atoms with Gasteiger partial charge in [-0.3, -0.25) is 0 Å². The minimum atomic E-state index is -3.96. The van der Waals surface area contributed by atoms with Crippen LogP contribution in [0.3, 0.4) is 0 Å². The molecule has 0 heterocycles. The molecular weight excluding hydrogens is 518 g/mol.